The number of benzene rings is 1. The summed E-state index contributed by atoms with van der Waals surface area (Å²) < 4.78 is 8.00. The van der Waals surface area contributed by atoms with Crippen molar-refractivity contribution in [2.24, 2.45) is 0 Å². The predicted molar refractivity (Wildman–Crippen MR) is 120 cm³/mol. The Morgan fingerprint density at radius 1 is 1.34 bits per heavy atom. The van der Waals surface area contributed by atoms with Crippen molar-refractivity contribution in [3.63, 3.8) is 0 Å². The van der Waals surface area contributed by atoms with Crippen molar-refractivity contribution in [3.05, 3.63) is 40.0 Å². The van der Waals surface area contributed by atoms with E-state index in [2.05, 4.69) is 34.8 Å². The van der Waals surface area contributed by atoms with Crippen LogP contribution in [-0.4, -0.2) is 52.5 Å². The molecule has 29 heavy (non-hydrogen) atoms. The number of hydrogen-bond donors (Lipinski definition) is 1. The van der Waals surface area contributed by atoms with Gasteiger partial charge in [-0.05, 0) is 32.4 Å². The van der Waals surface area contributed by atoms with Gasteiger partial charge in [0, 0.05) is 54.4 Å². The second-order valence-electron chi connectivity index (χ2n) is 7.55. The average molecular weight is 434 g/mol. The monoisotopic (exact) mass is 433 g/mol. The number of para-hydroxylation sites is 1. The summed E-state index contributed by atoms with van der Waals surface area (Å²) in [6, 6.07) is 6.56. The summed E-state index contributed by atoms with van der Waals surface area (Å²) in [5, 5.41) is 14.4. The zero-order chi connectivity index (χ0) is 20.4. The second-order valence-corrected chi connectivity index (χ2v) is 8.81. The summed E-state index contributed by atoms with van der Waals surface area (Å²) in [4.78, 5) is 7.17. The Bertz CT molecular complexity index is 978. The van der Waals surface area contributed by atoms with Gasteiger partial charge in [-0.15, -0.1) is 11.3 Å². The minimum Gasteiger partial charge on any atom is -0.395 e. The fraction of sp³-hybridized carbons (Fsp3) is 0.500. The van der Waals surface area contributed by atoms with Crippen LogP contribution >= 0.6 is 22.9 Å². The largest absolute Gasteiger partial charge is 0.395 e. The van der Waals surface area contributed by atoms with Crippen molar-refractivity contribution in [1.29, 1.82) is 0 Å². The van der Waals surface area contributed by atoms with E-state index in [0.29, 0.717) is 12.6 Å². The van der Waals surface area contributed by atoms with Crippen LogP contribution in [0.25, 0.3) is 21.5 Å². The van der Waals surface area contributed by atoms with E-state index in [1.165, 1.54) is 16.6 Å². The second kappa shape index (κ2) is 9.14. The van der Waals surface area contributed by atoms with E-state index in [-0.39, 0.29) is 6.61 Å². The van der Waals surface area contributed by atoms with Crippen LogP contribution in [0.5, 0.6) is 0 Å². The Labute approximate surface area is 180 Å². The molecule has 1 aliphatic heterocycles. The van der Waals surface area contributed by atoms with Crippen molar-refractivity contribution in [2.45, 2.75) is 39.3 Å². The Morgan fingerprint density at radius 2 is 2.14 bits per heavy atom. The van der Waals surface area contributed by atoms with Crippen LogP contribution in [-0.2, 0) is 11.3 Å². The summed E-state index contributed by atoms with van der Waals surface area (Å²) in [7, 11) is 0. The summed E-state index contributed by atoms with van der Waals surface area (Å²) in [6.45, 7) is 8.37. The standard InChI is InChI=1S/C22H28ClN3O2S/c1-3-25(9-10-27)13-16-14-29-22(24-16)20-15(2)26(17-7-11-28-12-8-17)21-18(20)5-4-6-19(21)23/h4-6,14,17,27H,3,7-13H2,1-2H3. The lowest BCUT2D eigenvalue weighted by Gasteiger charge is -2.26. The zero-order valence-corrected chi connectivity index (χ0v) is 18.6. The van der Waals surface area contributed by atoms with E-state index < -0.39 is 0 Å². The number of nitrogens with zero attached hydrogens (tertiary/aromatic N) is 3. The van der Waals surface area contributed by atoms with Gasteiger partial charge in [0.05, 0.1) is 22.8 Å². The van der Waals surface area contributed by atoms with Gasteiger partial charge in [-0.3, -0.25) is 4.90 Å². The Kier molecular flexibility index (Phi) is 6.56. The van der Waals surface area contributed by atoms with Crippen molar-refractivity contribution in [2.75, 3.05) is 32.9 Å². The Hall–Kier alpha value is -1.44. The molecule has 7 heteroatoms. The van der Waals surface area contributed by atoms with Crippen LogP contribution in [0.3, 0.4) is 0 Å². The van der Waals surface area contributed by atoms with E-state index in [9.17, 15) is 5.11 Å². The lowest BCUT2D eigenvalue weighted by Crippen LogP contribution is -2.26. The van der Waals surface area contributed by atoms with Gasteiger partial charge in [0.15, 0.2) is 0 Å². The van der Waals surface area contributed by atoms with Gasteiger partial charge in [0.25, 0.3) is 0 Å². The normalized spacial score (nSPS) is 15.6. The Morgan fingerprint density at radius 3 is 2.86 bits per heavy atom. The van der Waals surface area contributed by atoms with Gasteiger partial charge >= 0.3 is 0 Å². The quantitative estimate of drug-likeness (QED) is 0.576. The number of likely N-dealkylation sites (N-methyl/N-ethyl adjacent to an activating group) is 1. The number of fused-ring (bicyclic) bond motifs is 1. The molecule has 2 aromatic heterocycles. The lowest BCUT2D eigenvalue weighted by atomic mass is 10.1. The van der Waals surface area contributed by atoms with Gasteiger partial charge in [0.1, 0.15) is 5.01 Å². The highest BCUT2D eigenvalue weighted by atomic mass is 35.5. The zero-order valence-electron chi connectivity index (χ0n) is 17.0. The highest BCUT2D eigenvalue weighted by Crippen LogP contribution is 2.42. The molecule has 0 amide bonds. The van der Waals surface area contributed by atoms with Crippen LogP contribution in [0.15, 0.2) is 23.6 Å². The smallest absolute Gasteiger partial charge is 0.126 e. The third kappa shape index (κ3) is 4.09. The minimum atomic E-state index is 0.168. The molecule has 156 valence electrons. The molecule has 0 spiro atoms. The third-order valence-electron chi connectivity index (χ3n) is 5.79. The number of rotatable bonds is 7. The van der Waals surface area contributed by atoms with Gasteiger partial charge in [-0.25, -0.2) is 4.98 Å². The van der Waals surface area contributed by atoms with Crippen LogP contribution in [0.2, 0.25) is 5.02 Å². The van der Waals surface area contributed by atoms with Crippen molar-refractivity contribution in [1.82, 2.24) is 14.5 Å². The van der Waals surface area contributed by atoms with E-state index in [0.717, 1.165) is 60.4 Å². The molecule has 1 aromatic carbocycles. The highest BCUT2D eigenvalue weighted by molar-refractivity contribution is 7.13. The van der Waals surface area contributed by atoms with E-state index in [1.807, 2.05) is 12.1 Å². The summed E-state index contributed by atoms with van der Waals surface area (Å²) in [5.41, 5.74) is 4.58. The molecule has 1 N–H and O–H groups in total. The fourth-order valence-electron chi connectivity index (χ4n) is 4.33. The Balaban J connectivity index is 1.77. The lowest BCUT2D eigenvalue weighted by molar-refractivity contribution is 0.0703. The summed E-state index contributed by atoms with van der Waals surface area (Å²) in [6.07, 6.45) is 2.01. The number of aliphatic hydroxyl groups excluding tert-OH is 1. The number of aromatic nitrogens is 2. The summed E-state index contributed by atoms with van der Waals surface area (Å²) in [5.74, 6) is 0. The third-order valence-corrected chi connectivity index (χ3v) is 7.00. The molecule has 0 saturated carbocycles. The highest BCUT2D eigenvalue weighted by Gasteiger charge is 2.25. The first kappa shape index (κ1) is 20.8. The molecular weight excluding hydrogens is 406 g/mol. The number of thiazole rings is 1. The molecule has 1 saturated heterocycles. The number of halogens is 1. The predicted octanol–water partition coefficient (Wildman–Crippen LogP) is 4.89. The molecule has 3 aromatic rings. The number of hydrogen-bond acceptors (Lipinski definition) is 5. The van der Waals surface area contributed by atoms with Crippen LogP contribution in [0, 0.1) is 6.92 Å². The molecule has 0 atom stereocenters. The molecule has 3 heterocycles. The van der Waals surface area contributed by atoms with Crippen molar-refractivity contribution in [3.8, 4) is 10.6 Å². The molecule has 0 radical (unpaired) electrons. The molecule has 0 aliphatic carbocycles. The van der Waals surface area contributed by atoms with Crippen LogP contribution < -0.4 is 0 Å². The van der Waals surface area contributed by atoms with Crippen molar-refractivity contribution >= 4 is 33.8 Å². The molecular formula is C22H28ClN3O2S. The van der Waals surface area contributed by atoms with E-state index >= 15 is 0 Å². The maximum atomic E-state index is 9.25. The van der Waals surface area contributed by atoms with Crippen LogP contribution in [0.4, 0.5) is 0 Å². The minimum absolute atomic E-state index is 0.168. The first-order valence-electron chi connectivity index (χ1n) is 10.3. The maximum absolute atomic E-state index is 9.25. The first-order valence-corrected chi connectivity index (χ1v) is 11.5. The molecule has 4 rings (SSSR count). The van der Waals surface area contributed by atoms with Gasteiger partial charge < -0.3 is 14.4 Å². The number of aliphatic hydroxyl groups is 1. The molecule has 0 bridgehead atoms. The maximum Gasteiger partial charge on any atom is 0.126 e. The SMILES string of the molecule is CCN(CCO)Cc1csc(-c2c(C)n(C3CCOCC3)c3c(Cl)cccc23)n1. The van der Waals surface area contributed by atoms with E-state index in [1.54, 1.807) is 11.3 Å². The first-order chi connectivity index (χ1) is 14.1. The average Bonchev–Trinajstić information content (AvgIpc) is 3.30. The van der Waals surface area contributed by atoms with Gasteiger partial charge in [0.2, 0.25) is 0 Å². The van der Waals surface area contributed by atoms with E-state index in [4.69, 9.17) is 21.3 Å². The number of ether oxygens (including phenoxy) is 1. The van der Waals surface area contributed by atoms with Gasteiger partial charge in [-0.2, -0.15) is 0 Å². The topological polar surface area (TPSA) is 50.5 Å². The van der Waals surface area contributed by atoms with Crippen molar-refractivity contribution < 1.29 is 9.84 Å². The molecule has 0 unspecified atom stereocenters. The molecule has 1 fully saturated rings. The summed E-state index contributed by atoms with van der Waals surface area (Å²) >= 11 is 8.37. The molecule has 5 nitrogen and oxygen atoms in total. The van der Waals surface area contributed by atoms with Crippen LogP contribution in [0.1, 0.15) is 37.2 Å². The van der Waals surface area contributed by atoms with Gasteiger partial charge in [-0.1, -0.05) is 30.7 Å². The fourth-order valence-corrected chi connectivity index (χ4v) is 5.51. The molecule has 1 aliphatic rings.